The molecular formula is C14H23N3O6S2. The van der Waals surface area contributed by atoms with Gasteiger partial charge in [0.05, 0.1) is 17.5 Å². The summed E-state index contributed by atoms with van der Waals surface area (Å²) in [5.41, 5.74) is 0.208. The zero-order chi connectivity index (χ0) is 19.0. The second-order valence-electron chi connectivity index (χ2n) is 6.50. The number of carbonyl (C=O) groups is 1. The molecule has 11 heteroatoms. The summed E-state index contributed by atoms with van der Waals surface area (Å²) in [4.78, 5) is 13.9. The van der Waals surface area contributed by atoms with Crippen molar-refractivity contribution in [3.8, 4) is 0 Å². The van der Waals surface area contributed by atoms with E-state index < -0.39 is 31.8 Å². The molecular weight excluding hydrogens is 370 g/mol. The molecule has 1 aliphatic rings. The number of sulfone groups is 1. The van der Waals surface area contributed by atoms with E-state index in [0.29, 0.717) is 0 Å². The summed E-state index contributed by atoms with van der Waals surface area (Å²) in [5, 5.41) is 3.61. The highest BCUT2D eigenvalue weighted by Gasteiger charge is 2.32. The third-order valence-corrected chi connectivity index (χ3v) is 7.66. The maximum absolute atomic E-state index is 12.6. The van der Waals surface area contributed by atoms with Crippen molar-refractivity contribution in [2.75, 3.05) is 24.6 Å². The van der Waals surface area contributed by atoms with E-state index in [1.165, 1.54) is 25.7 Å². The van der Waals surface area contributed by atoms with E-state index in [0.717, 1.165) is 0 Å². The van der Waals surface area contributed by atoms with Gasteiger partial charge >= 0.3 is 0 Å². The van der Waals surface area contributed by atoms with Gasteiger partial charge < -0.3 is 9.42 Å². The summed E-state index contributed by atoms with van der Waals surface area (Å²) in [6, 6.07) is -1.04. The van der Waals surface area contributed by atoms with Crippen molar-refractivity contribution in [3.05, 3.63) is 11.5 Å². The third-order valence-electron chi connectivity index (χ3n) is 3.99. The maximum Gasteiger partial charge on any atom is 0.246 e. The van der Waals surface area contributed by atoms with Crippen LogP contribution in [0.15, 0.2) is 9.42 Å². The Hall–Kier alpha value is -1.46. The quantitative estimate of drug-likeness (QED) is 0.754. The number of rotatable bonds is 4. The lowest BCUT2D eigenvalue weighted by atomic mass is 10.2. The molecule has 0 spiro atoms. The third kappa shape index (κ3) is 4.59. The Morgan fingerprint density at radius 2 is 2.04 bits per heavy atom. The van der Waals surface area contributed by atoms with Gasteiger partial charge in [-0.2, -0.15) is 4.72 Å². The zero-order valence-corrected chi connectivity index (χ0v) is 16.3. The minimum absolute atomic E-state index is 0.0238. The molecule has 0 aliphatic carbocycles. The average Bonchev–Trinajstić information content (AvgIpc) is 2.73. The topological polar surface area (TPSA) is 127 Å². The molecule has 1 aromatic rings. The van der Waals surface area contributed by atoms with Crippen LogP contribution in [-0.4, -0.2) is 63.4 Å². The fraction of sp³-hybridized carbons (Fsp3) is 0.714. The number of aryl methyl sites for hydroxylation is 2. The highest BCUT2D eigenvalue weighted by atomic mass is 32.2. The second kappa shape index (κ2) is 7.04. The first-order chi connectivity index (χ1) is 11.4. The standard InChI is InChI=1S/C14H23N3O6S2/c1-9-7-17(5-6-24(19,20)8-9)14(18)11(3)16-25(21,22)13-10(2)15-23-12(13)4/h9,11,16H,5-8H2,1-4H3/t9-,11+/m1/s1. The molecule has 2 rings (SSSR count). The van der Waals surface area contributed by atoms with Gasteiger partial charge in [-0.05, 0) is 26.7 Å². The Kier molecular flexibility index (Phi) is 5.59. The summed E-state index contributed by atoms with van der Waals surface area (Å²) in [6.45, 7) is 6.49. The summed E-state index contributed by atoms with van der Waals surface area (Å²) in [5.74, 6) is -0.621. The molecule has 2 atom stereocenters. The maximum atomic E-state index is 12.6. The van der Waals surface area contributed by atoms with Gasteiger partial charge in [0, 0.05) is 13.1 Å². The van der Waals surface area contributed by atoms with E-state index in [4.69, 9.17) is 4.52 Å². The first-order valence-electron chi connectivity index (χ1n) is 7.87. The molecule has 0 radical (unpaired) electrons. The summed E-state index contributed by atoms with van der Waals surface area (Å²) >= 11 is 0. The van der Waals surface area contributed by atoms with Crippen LogP contribution < -0.4 is 4.72 Å². The molecule has 25 heavy (non-hydrogen) atoms. The van der Waals surface area contributed by atoms with Gasteiger partial charge in [-0.1, -0.05) is 12.1 Å². The van der Waals surface area contributed by atoms with Crippen molar-refractivity contribution < 1.29 is 26.2 Å². The number of sulfonamides is 1. The molecule has 1 N–H and O–H groups in total. The summed E-state index contributed by atoms with van der Waals surface area (Å²) in [6.07, 6.45) is 0. The van der Waals surface area contributed by atoms with E-state index in [1.807, 2.05) is 0 Å². The fourth-order valence-electron chi connectivity index (χ4n) is 2.96. The lowest BCUT2D eigenvalue weighted by Gasteiger charge is -2.25. The van der Waals surface area contributed by atoms with Crippen molar-refractivity contribution in [1.82, 2.24) is 14.8 Å². The number of hydrogen-bond donors (Lipinski definition) is 1. The Balaban J connectivity index is 2.15. The van der Waals surface area contributed by atoms with Gasteiger partial charge in [0.1, 0.15) is 10.6 Å². The van der Waals surface area contributed by atoms with Crippen LogP contribution in [-0.2, 0) is 24.7 Å². The largest absolute Gasteiger partial charge is 0.360 e. The number of hydrogen-bond acceptors (Lipinski definition) is 7. The van der Waals surface area contributed by atoms with Crippen LogP contribution in [0.5, 0.6) is 0 Å². The molecule has 2 heterocycles. The first kappa shape index (κ1) is 19.9. The van der Waals surface area contributed by atoms with Crippen LogP contribution >= 0.6 is 0 Å². The normalized spacial score (nSPS) is 22.4. The molecule has 1 saturated heterocycles. The van der Waals surface area contributed by atoms with Crippen molar-refractivity contribution in [2.45, 2.75) is 38.6 Å². The molecule has 0 bridgehead atoms. The Labute approximate surface area is 147 Å². The van der Waals surface area contributed by atoms with Crippen LogP contribution in [0.2, 0.25) is 0 Å². The predicted molar refractivity (Wildman–Crippen MR) is 90.2 cm³/mol. The van der Waals surface area contributed by atoms with Gasteiger partial charge in [0.2, 0.25) is 15.9 Å². The van der Waals surface area contributed by atoms with Gasteiger partial charge in [0.25, 0.3) is 0 Å². The molecule has 0 unspecified atom stereocenters. The van der Waals surface area contributed by atoms with E-state index in [-0.39, 0.29) is 46.9 Å². The van der Waals surface area contributed by atoms with Gasteiger partial charge in [-0.15, -0.1) is 0 Å². The Morgan fingerprint density at radius 3 is 2.60 bits per heavy atom. The second-order valence-corrected chi connectivity index (χ2v) is 10.4. The molecule has 1 fully saturated rings. The van der Waals surface area contributed by atoms with Crippen LogP contribution in [0, 0.1) is 19.8 Å². The summed E-state index contributed by atoms with van der Waals surface area (Å²) in [7, 11) is -7.17. The van der Waals surface area contributed by atoms with Crippen molar-refractivity contribution in [3.63, 3.8) is 0 Å². The van der Waals surface area contributed by atoms with Crippen molar-refractivity contribution >= 4 is 25.8 Å². The number of amides is 1. The number of nitrogens with one attached hydrogen (secondary N) is 1. The van der Waals surface area contributed by atoms with Gasteiger partial charge in [0.15, 0.2) is 15.6 Å². The van der Waals surface area contributed by atoms with E-state index in [1.54, 1.807) is 6.92 Å². The molecule has 142 valence electrons. The molecule has 1 aromatic heterocycles. The Morgan fingerprint density at radius 1 is 1.40 bits per heavy atom. The highest BCUT2D eigenvalue weighted by molar-refractivity contribution is 7.91. The van der Waals surface area contributed by atoms with E-state index >= 15 is 0 Å². The molecule has 1 aliphatic heterocycles. The van der Waals surface area contributed by atoms with Crippen LogP contribution in [0.25, 0.3) is 0 Å². The van der Waals surface area contributed by atoms with Crippen molar-refractivity contribution in [1.29, 1.82) is 0 Å². The Bertz CT molecular complexity index is 840. The lowest BCUT2D eigenvalue weighted by molar-refractivity contribution is -0.132. The summed E-state index contributed by atoms with van der Waals surface area (Å²) < 4.78 is 55.8. The highest BCUT2D eigenvalue weighted by Crippen LogP contribution is 2.19. The minimum Gasteiger partial charge on any atom is -0.360 e. The van der Waals surface area contributed by atoms with Crippen LogP contribution in [0.3, 0.4) is 0 Å². The van der Waals surface area contributed by atoms with Gasteiger partial charge in [-0.25, -0.2) is 16.8 Å². The molecule has 1 amide bonds. The van der Waals surface area contributed by atoms with E-state index in [9.17, 15) is 21.6 Å². The van der Waals surface area contributed by atoms with Crippen molar-refractivity contribution in [2.24, 2.45) is 5.92 Å². The number of carbonyl (C=O) groups excluding carboxylic acids is 1. The molecule has 9 nitrogen and oxygen atoms in total. The lowest BCUT2D eigenvalue weighted by Crippen LogP contribution is -2.48. The SMILES string of the molecule is Cc1noc(C)c1S(=O)(=O)N[C@@H](C)C(=O)N1CCS(=O)(=O)C[C@H](C)C1. The zero-order valence-electron chi connectivity index (χ0n) is 14.6. The minimum atomic E-state index is -3.98. The number of aromatic nitrogens is 1. The van der Waals surface area contributed by atoms with Crippen LogP contribution in [0.4, 0.5) is 0 Å². The predicted octanol–water partition coefficient (Wildman–Crippen LogP) is -0.149. The first-order valence-corrected chi connectivity index (χ1v) is 11.2. The number of nitrogens with zero attached hydrogens (tertiary/aromatic N) is 2. The van der Waals surface area contributed by atoms with Gasteiger partial charge in [-0.3, -0.25) is 4.79 Å². The molecule has 0 aromatic carbocycles. The fourth-order valence-corrected chi connectivity index (χ4v) is 6.12. The molecule has 0 saturated carbocycles. The average molecular weight is 393 g/mol. The smallest absolute Gasteiger partial charge is 0.246 e. The monoisotopic (exact) mass is 393 g/mol. The van der Waals surface area contributed by atoms with E-state index in [2.05, 4.69) is 9.88 Å². The van der Waals surface area contributed by atoms with Crippen LogP contribution in [0.1, 0.15) is 25.3 Å².